The lowest BCUT2D eigenvalue weighted by atomic mass is 10.1. The molecule has 0 spiro atoms. The molecule has 0 aliphatic rings. The van der Waals surface area contributed by atoms with Crippen LogP contribution in [0.15, 0.2) is 36.5 Å². The molecule has 0 unspecified atom stereocenters. The van der Waals surface area contributed by atoms with Gasteiger partial charge >= 0.3 is 0 Å². The Kier molecular flexibility index (Phi) is 4.55. The van der Waals surface area contributed by atoms with E-state index >= 15 is 0 Å². The number of anilines is 2. The number of ether oxygens (including phenoxy) is 1. The summed E-state index contributed by atoms with van der Waals surface area (Å²) in [5.41, 5.74) is 1.23. The van der Waals surface area contributed by atoms with Gasteiger partial charge in [0, 0.05) is 19.8 Å². The lowest BCUT2D eigenvalue weighted by Crippen LogP contribution is -2.07. The van der Waals surface area contributed by atoms with Crippen LogP contribution in [0.1, 0.15) is 5.56 Å². The Hall–Kier alpha value is -2.30. The zero-order valence-electron chi connectivity index (χ0n) is 11.2. The normalized spacial score (nSPS) is 10.0. The van der Waals surface area contributed by atoms with E-state index in [9.17, 15) is 0 Å². The summed E-state index contributed by atoms with van der Waals surface area (Å²) in [6.45, 7) is 0.813. The average molecular weight is 258 g/mol. The van der Waals surface area contributed by atoms with Crippen molar-refractivity contribution in [3.05, 3.63) is 42.1 Å². The van der Waals surface area contributed by atoms with E-state index in [0.29, 0.717) is 5.95 Å². The molecule has 1 aromatic carbocycles. The Labute approximate surface area is 113 Å². The van der Waals surface area contributed by atoms with Gasteiger partial charge in [-0.2, -0.15) is 4.98 Å². The summed E-state index contributed by atoms with van der Waals surface area (Å²) < 4.78 is 5.20. The van der Waals surface area contributed by atoms with E-state index in [2.05, 4.69) is 26.7 Å². The molecule has 0 atom stereocenters. The highest BCUT2D eigenvalue weighted by atomic mass is 16.5. The summed E-state index contributed by atoms with van der Waals surface area (Å²) in [5, 5.41) is 6.19. The molecule has 0 fully saturated rings. The van der Waals surface area contributed by atoms with Crippen LogP contribution in [0.3, 0.4) is 0 Å². The third-order valence-electron chi connectivity index (χ3n) is 2.73. The molecule has 2 N–H and O–H groups in total. The van der Waals surface area contributed by atoms with Gasteiger partial charge in [-0.3, -0.25) is 0 Å². The van der Waals surface area contributed by atoms with Crippen molar-refractivity contribution in [2.24, 2.45) is 0 Å². The Bertz CT molecular complexity index is 483. The van der Waals surface area contributed by atoms with E-state index in [1.165, 1.54) is 5.56 Å². The molecule has 0 radical (unpaired) electrons. The topological polar surface area (TPSA) is 59.1 Å². The van der Waals surface area contributed by atoms with Crippen molar-refractivity contribution < 1.29 is 4.74 Å². The minimum Gasteiger partial charge on any atom is -0.497 e. The number of hydrogen-bond acceptors (Lipinski definition) is 5. The molecule has 5 nitrogen and oxygen atoms in total. The van der Waals surface area contributed by atoms with Crippen molar-refractivity contribution in [2.75, 3.05) is 31.3 Å². The van der Waals surface area contributed by atoms with Crippen molar-refractivity contribution in [1.29, 1.82) is 0 Å². The fourth-order valence-electron chi connectivity index (χ4n) is 1.74. The van der Waals surface area contributed by atoms with Crippen LogP contribution in [-0.4, -0.2) is 30.7 Å². The van der Waals surface area contributed by atoms with Crippen LogP contribution in [0.25, 0.3) is 0 Å². The Morgan fingerprint density at radius 2 is 2.16 bits per heavy atom. The fraction of sp³-hybridized carbons (Fsp3) is 0.286. The van der Waals surface area contributed by atoms with Gasteiger partial charge in [-0.25, -0.2) is 4.98 Å². The summed E-state index contributed by atoms with van der Waals surface area (Å²) in [7, 11) is 3.48. The minimum absolute atomic E-state index is 0.617. The highest BCUT2D eigenvalue weighted by molar-refractivity contribution is 5.39. The van der Waals surface area contributed by atoms with E-state index < -0.39 is 0 Å². The van der Waals surface area contributed by atoms with Crippen molar-refractivity contribution >= 4 is 11.8 Å². The maximum absolute atomic E-state index is 5.20. The van der Waals surface area contributed by atoms with Crippen LogP contribution in [0.4, 0.5) is 11.8 Å². The lowest BCUT2D eigenvalue weighted by molar-refractivity contribution is 0.414. The molecule has 0 aliphatic carbocycles. The highest BCUT2D eigenvalue weighted by Gasteiger charge is 1.98. The lowest BCUT2D eigenvalue weighted by Gasteiger charge is -2.07. The second-order valence-corrected chi connectivity index (χ2v) is 4.04. The predicted molar refractivity (Wildman–Crippen MR) is 76.8 cm³/mol. The van der Waals surface area contributed by atoms with Crippen LogP contribution in [0, 0.1) is 0 Å². The summed E-state index contributed by atoms with van der Waals surface area (Å²) in [5.74, 6) is 2.32. The van der Waals surface area contributed by atoms with Crippen LogP contribution in [0.2, 0.25) is 0 Å². The monoisotopic (exact) mass is 258 g/mol. The average Bonchev–Trinajstić information content (AvgIpc) is 2.48. The molecule has 100 valence electrons. The predicted octanol–water partition coefficient (Wildman–Crippen LogP) is 2.18. The van der Waals surface area contributed by atoms with Gasteiger partial charge in [0.1, 0.15) is 11.6 Å². The van der Waals surface area contributed by atoms with Gasteiger partial charge in [0.25, 0.3) is 0 Å². The Morgan fingerprint density at radius 3 is 2.95 bits per heavy atom. The molecule has 0 bridgehead atoms. The van der Waals surface area contributed by atoms with Gasteiger partial charge in [-0.15, -0.1) is 0 Å². The first-order valence-electron chi connectivity index (χ1n) is 6.19. The van der Waals surface area contributed by atoms with Crippen molar-refractivity contribution in [3.63, 3.8) is 0 Å². The maximum Gasteiger partial charge on any atom is 0.224 e. The second-order valence-electron chi connectivity index (χ2n) is 4.04. The molecule has 1 heterocycles. The summed E-state index contributed by atoms with van der Waals surface area (Å²) in [6, 6.07) is 9.93. The zero-order chi connectivity index (χ0) is 13.5. The standard InChI is InChI=1S/C14H18N4O/c1-15-14-17-9-7-13(18-14)16-8-6-11-4-3-5-12(10-11)19-2/h3-5,7,9-10H,6,8H2,1-2H3,(H2,15,16,17,18). The number of aromatic nitrogens is 2. The highest BCUT2D eigenvalue weighted by Crippen LogP contribution is 2.13. The minimum atomic E-state index is 0.617. The van der Waals surface area contributed by atoms with E-state index in [1.807, 2.05) is 24.3 Å². The molecule has 2 aromatic rings. The molecular formula is C14H18N4O. The number of hydrogen-bond donors (Lipinski definition) is 2. The van der Waals surface area contributed by atoms with Gasteiger partial charge in [0.2, 0.25) is 5.95 Å². The first kappa shape index (κ1) is 13.1. The first-order valence-corrected chi connectivity index (χ1v) is 6.19. The third kappa shape index (κ3) is 3.84. The molecule has 1 aromatic heterocycles. The molecule has 5 heteroatoms. The van der Waals surface area contributed by atoms with Gasteiger partial charge in [-0.05, 0) is 30.2 Å². The summed E-state index contributed by atoms with van der Waals surface area (Å²) in [4.78, 5) is 8.37. The number of rotatable bonds is 6. The number of benzene rings is 1. The summed E-state index contributed by atoms with van der Waals surface area (Å²) >= 11 is 0. The zero-order valence-corrected chi connectivity index (χ0v) is 11.2. The number of nitrogens with one attached hydrogen (secondary N) is 2. The Balaban J connectivity index is 1.88. The largest absolute Gasteiger partial charge is 0.497 e. The van der Waals surface area contributed by atoms with Crippen molar-refractivity contribution in [1.82, 2.24) is 9.97 Å². The van der Waals surface area contributed by atoms with Gasteiger partial charge in [-0.1, -0.05) is 12.1 Å². The first-order chi connectivity index (χ1) is 9.31. The second kappa shape index (κ2) is 6.58. The van der Waals surface area contributed by atoms with Crippen LogP contribution in [-0.2, 0) is 6.42 Å². The molecule has 0 saturated carbocycles. The molecule has 0 amide bonds. The van der Waals surface area contributed by atoms with E-state index in [-0.39, 0.29) is 0 Å². The fourth-order valence-corrected chi connectivity index (χ4v) is 1.74. The van der Waals surface area contributed by atoms with Gasteiger partial charge in [0.05, 0.1) is 7.11 Å². The van der Waals surface area contributed by atoms with E-state index in [0.717, 1.165) is 24.5 Å². The number of nitrogens with zero attached hydrogens (tertiary/aromatic N) is 2. The smallest absolute Gasteiger partial charge is 0.224 e. The van der Waals surface area contributed by atoms with Gasteiger partial charge < -0.3 is 15.4 Å². The van der Waals surface area contributed by atoms with E-state index in [4.69, 9.17) is 4.74 Å². The molecular weight excluding hydrogens is 240 g/mol. The van der Waals surface area contributed by atoms with E-state index in [1.54, 1.807) is 20.4 Å². The van der Waals surface area contributed by atoms with Crippen LogP contribution < -0.4 is 15.4 Å². The molecule has 0 aliphatic heterocycles. The van der Waals surface area contributed by atoms with Crippen molar-refractivity contribution in [3.8, 4) is 5.75 Å². The maximum atomic E-state index is 5.20. The van der Waals surface area contributed by atoms with Crippen molar-refractivity contribution in [2.45, 2.75) is 6.42 Å². The summed E-state index contributed by atoms with van der Waals surface area (Å²) in [6.07, 6.45) is 2.64. The SMILES string of the molecule is CNc1nccc(NCCc2cccc(OC)c2)n1. The number of methoxy groups -OCH3 is 1. The third-order valence-corrected chi connectivity index (χ3v) is 2.73. The van der Waals surface area contributed by atoms with Crippen LogP contribution in [0.5, 0.6) is 5.75 Å². The Morgan fingerprint density at radius 1 is 1.26 bits per heavy atom. The molecule has 0 saturated heterocycles. The molecule has 2 rings (SSSR count). The quantitative estimate of drug-likeness (QED) is 0.831. The van der Waals surface area contributed by atoms with Crippen LogP contribution >= 0.6 is 0 Å². The molecule has 19 heavy (non-hydrogen) atoms. The van der Waals surface area contributed by atoms with Gasteiger partial charge in [0.15, 0.2) is 0 Å².